The van der Waals surface area contributed by atoms with Crippen molar-refractivity contribution in [1.29, 1.82) is 0 Å². The van der Waals surface area contributed by atoms with E-state index in [4.69, 9.17) is 9.47 Å². The predicted octanol–water partition coefficient (Wildman–Crippen LogP) is 5.28. The summed E-state index contributed by atoms with van der Waals surface area (Å²) in [5.41, 5.74) is 6.78. The van der Waals surface area contributed by atoms with E-state index in [1.54, 1.807) is 19.4 Å². The molecule has 4 fully saturated rings. The van der Waals surface area contributed by atoms with E-state index in [1.807, 2.05) is 12.1 Å². The number of imidazole rings is 1. The van der Waals surface area contributed by atoms with E-state index in [1.165, 1.54) is 36.1 Å². The summed E-state index contributed by atoms with van der Waals surface area (Å²) in [5, 5.41) is 0. The van der Waals surface area contributed by atoms with Crippen LogP contribution in [0.4, 0.5) is 13.2 Å². The van der Waals surface area contributed by atoms with E-state index in [9.17, 15) is 18.0 Å². The third kappa shape index (κ3) is 6.01. The molecule has 0 spiro atoms. The van der Waals surface area contributed by atoms with Crippen molar-refractivity contribution >= 4 is 5.52 Å². The number of halogens is 3. The van der Waals surface area contributed by atoms with Crippen LogP contribution in [0.15, 0.2) is 41.5 Å². The largest absolute Gasteiger partial charge is 0.497 e. The first kappa shape index (κ1) is 32.6. The Balaban J connectivity index is 1.29. The molecular weight excluding hydrogens is 609 g/mol. The van der Waals surface area contributed by atoms with Crippen LogP contribution in [0.25, 0.3) is 11.2 Å². The molecule has 5 heterocycles. The zero-order valence-corrected chi connectivity index (χ0v) is 27.7. The highest BCUT2D eigenvalue weighted by atomic mass is 19.4. The molecule has 1 aliphatic carbocycles. The number of benzene rings is 1. The summed E-state index contributed by atoms with van der Waals surface area (Å²) in [6.45, 7) is 5.94. The molecule has 7 rings (SSSR count). The highest BCUT2D eigenvalue weighted by molar-refractivity contribution is 5.58. The second-order valence-electron chi connectivity index (χ2n) is 14.6. The summed E-state index contributed by atoms with van der Waals surface area (Å²) in [5.74, 6) is 1.49. The van der Waals surface area contributed by atoms with Crippen LogP contribution in [0.2, 0.25) is 0 Å². The normalized spacial score (nSPS) is 26.1. The molecule has 9 nitrogen and oxygen atoms in total. The number of hydrogen-bond acceptors (Lipinski definition) is 7. The number of fused-ring (bicyclic) bond motifs is 1. The second-order valence-corrected chi connectivity index (χ2v) is 14.6. The molecule has 3 saturated heterocycles. The minimum Gasteiger partial charge on any atom is -0.497 e. The zero-order chi connectivity index (χ0) is 33.0. The molecule has 1 unspecified atom stereocenters. The van der Waals surface area contributed by atoms with E-state index in [0.29, 0.717) is 48.6 Å². The minimum absolute atomic E-state index is 0.163. The quantitative estimate of drug-likeness (QED) is 0.342. The Morgan fingerprint density at radius 3 is 2.47 bits per heavy atom. The summed E-state index contributed by atoms with van der Waals surface area (Å²) >= 11 is 0. The van der Waals surface area contributed by atoms with Gasteiger partial charge in [-0.1, -0.05) is 26.2 Å². The fraction of sp³-hybridized carbons (Fsp3) is 0.629. The van der Waals surface area contributed by atoms with Gasteiger partial charge in [-0.2, -0.15) is 13.2 Å². The van der Waals surface area contributed by atoms with E-state index in [2.05, 4.69) is 34.6 Å². The molecule has 0 amide bonds. The van der Waals surface area contributed by atoms with Crippen LogP contribution >= 0.6 is 0 Å². The lowest BCUT2D eigenvalue weighted by Crippen LogP contribution is -2.63. The number of nitrogens with one attached hydrogen (secondary N) is 2. The van der Waals surface area contributed by atoms with Gasteiger partial charge in [-0.25, -0.2) is 15.6 Å². The maximum Gasteiger partial charge on any atom is 0.418 e. The van der Waals surface area contributed by atoms with Crippen molar-refractivity contribution < 1.29 is 22.6 Å². The van der Waals surface area contributed by atoms with Crippen LogP contribution in [0.5, 0.6) is 5.75 Å². The first-order valence-electron chi connectivity index (χ1n) is 17.1. The van der Waals surface area contributed by atoms with Gasteiger partial charge in [0, 0.05) is 37.0 Å². The van der Waals surface area contributed by atoms with E-state index in [0.717, 1.165) is 61.8 Å². The number of aromatic nitrogens is 2. The van der Waals surface area contributed by atoms with Crippen LogP contribution in [0.1, 0.15) is 75.0 Å². The van der Waals surface area contributed by atoms with Crippen molar-refractivity contribution in [3.05, 3.63) is 63.8 Å². The van der Waals surface area contributed by atoms with Gasteiger partial charge in [-0.3, -0.25) is 18.8 Å². The highest BCUT2D eigenvalue weighted by Gasteiger charge is 2.54. The zero-order valence-electron chi connectivity index (χ0n) is 27.7. The van der Waals surface area contributed by atoms with Gasteiger partial charge in [-0.15, -0.1) is 0 Å². The number of pyridine rings is 1. The van der Waals surface area contributed by atoms with Gasteiger partial charge in [0.15, 0.2) is 0 Å². The Labute approximate surface area is 274 Å². The maximum absolute atomic E-state index is 14.5. The summed E-state index contributed by atoms with van der Waals surface area (Å²) in [6, 6.07) is 6.86. The first-order chi connectivity index (χ1) is 22.5. The molecule has 12 heteroatoms. The number of ether oxygens (including phenoxy) is 2. The number of rotatable bonds is 8. The molecule has 1 aromatic carbocycles. The Kier molecular flexibility index (Phi) is 8.70. The van der Waals surface area contributed by atoms with Crippen molar-refractivity contribution in [3.8, 4) is 11.4 Å². The minimum atomic E-state index is -4.62. The monoisotopic (exact) mass is 656 g/mol. The lowest BCUT2D eigenvalue weighted by molar-refractivity contribution is -0.136. The average molecular weight is 657 g/mol. The molecule has 0 radical (unpaired) electrons. The number of piperidine rings is 1. The van der Waals surface area contributed by atoms with Gasteiger partial charge in [0.05, 0.1) is 49.4 Å². The lowest BCUT2D eigenvalue weighted by Gasteiger charge is -2.52. The second kappa shape index (κ2) is 12.5. The van der Waals surface area contributed by atoms with Crippen LogP contribution in [0.3, 0.4) is 0 Å². The molecule has 2 N–H and O–H groups in total. The van der Waals surface area contributed by atoms with Crippen molar-refractivity contribution in [1.82, 2.24) is 29.6 Å². The molecule has 256 valence electrons. The fourth-order valence-electron chi connectivity index (χ4n) is 8.68. The van der Waals surface area contributed by atoms with Gasteiger partial charge >= 0.3 is 11.9 Å². The summed E-state index contributed by atoms with van der Waals surface area (Å²) < 4.78 is 57.6. The summed E-state index contributed by atoms with van der Waals surface area (Å²) in [4.78, 5) is 18.5. The topological polar surface area (TPSA) is 75.4 Å². The smallest absolute Gasteiger partial charge is 0.418 e. The van der Waals surface area contributed by atoms with Crippen molar-refractivity contribution in [3.63, 3.8) is 0 Å². The van der Waals surface area contributed by atoms with Crippen molar-refractivity contribution in [2.75, 3.05) is 47.1 Å². The molecular formula is C35H47F3N6O3. The standard InChI is InChI=1S/C35H47F3N6O3/c1-24-8-7-11-42(16-24)17-25-12-30(35(36,37)38)31-19-43(32(45)44(31)18-25)28-13-27(14-29(15-28)46-3)33(21-47-22-33)20-34(40-39-23-41(34)2)26-9-5-4-6-10-26/h12-15,18-19,24,26,39-40H,4-11,16-17,20-23H2,1-3H3/t24-,34?/m0/s1. The number of nitrogens with zero attached hydrogens (tertiary/aromatic N) is 4. The Morgan fingerprint density at radius 1 is 1.04 bits per heavy atom. The molecule has 3 aliphatic heterocycles. The van der Waals surface area contributed by atoms with Crippen LogP contribution in [0, 0.1) is 11.8 Å². The number of alkyl halides is 3. The highest BCUT2D eigenvalue weighted by Crippen LogP contribution is 2.47. The number of methoxy groups -OCH3 is 1. The lowest BCUT2D eigenvalue weighted by atomic mass is 9.66. The molecule has 47 heavy (non-hydrogen) atoms. The summed E-state index contributed by atoms with van der Waals surface area (Å²) in [6.07, 6.45) is 7.15. The Morgan fingerprint density at radius 2 is 1.83 bits per heavy atom. The Hall–Kier alpha value is -2.90. The number of hydrogen-bond donors (Lipinski definition) is 2. The maximum atomic E-state index is 14.5. The molecule has 1 saturated carbocycles. The SMILES string of the molecule is COc1cc(-n2cc3c(C(F)(F)F)cc(CN4CCC[C@H](C)C4)cn3c2=O)cc(C2(CC3(C4CCCCC4)NNCN3C)COC2)c1. The molecule has 2 atom stereocenters. The first-order valence-corrected chi connectivity index (χ1v) is 17.1. The van der Waals surface area contributed by atoms with E-state index in [-0.39, 0.29) is 16.6 Å². The van der Waals surface area contributed by atoms with Crippen LogP contribution in [-0.2, 0) is 22.9 Å². The molecule has 0 bridgehead atoms. The third-order valence-electron chi connectivity index (χ3n) is 11.2. The average Bonchev–Trinajstić information content (AvgIpc) is 3.57. The van der Waals surface area contributed by atoms with Gasteiger partial charge in [0.25, 0.3) is 0 Å². The van der Waals surface area contributed by atoms with Gasteiger partial charge in [0.1, 0.15) is 5.75 Å². The molecule has 2 aromatic heterocycles. The van der Waals surface area contributed by atoms with Gasteiger partial charge < -0.3 is 9.47 Å². The van der Waals surface area contributed by atoms with Crippen molar-refractivity contribution in [2.24, 2.45) is 11.8 Å². The van der Waals surface area contributed by atoms with E-state index < -0.39 is 17.4 Å². The third-order valence-corrected chi connectivity index (χ3v) is 11.2. The predicted molar refractivity (Wildman–Crippen MR) is 174 cm³/mol. The van der Waals surface area contributed by atoms with Gasteiger partial charge in [-0.05, 0) is 86.9 Å². The Bertz CT molecular complexity index is 1660. The van der Waals surface area contributed by atoms with E-state index >= 15 is 0 Å². The number of likely N-dealkylation sites (tertiary alicyclic amines) is 1. The van der Waals surface area contributed by atoms with Crippen LogP contribution in [-0.4, -0.2) is 71.6 Å². The summed E-state index contributed by atoms with van der Waals surface area (Å²) in [7, 11) is 3.72. The van der Waals surface area contributed by atoms with Gasteiger partial charge in [0.2, 0.25) is 0 Å². The fourth-order valence-corrected chi connectivity index (χ4v) is 8.68. The molecule has 3 aromatic rings. The van der Waals surface area contributed by atoms with Crippen molar-refractivity contribution in [2.45, 2.75) is 82.1 Å². The number of hydrazine groups is 1. The van der Waals surface area contributed by atoms with Crippen LogP contribution < -0.4 is 21.3 Å². The molecule has 4 aliphatic rings.